The molecular formula is C11H24Cl2OSi. The van der Waals surface area contributed by atoms with Gasteiger partial charge in [0.1, 0.15) is 0 Å². The van der Waals surface area contributed by atoms with E-state index in [1.54, 1.807) is 0 Å². The fraction of sp³-hybridized carbons (Fsp3) is 1.00. The van der Waals surface area contributed by atoms with E-state index in [4.69, 9.17) is 27.6 Å². The van der Waals surface area contributed by atoms with Gasteiger partial charge in [-0.1, -0.05) is 20.8 Å². The molecule has 0 spiro atoms. The van der Waals surface area contributed by atoms with Gasteiger partial charge in [0.05, 0.1) is 0 Å². The number of hydrogen-bond donors (Lipinski definition) is 0. The minimum atomic E-state index is -1.56. The summed E-state index contributed by atoms with van der Waals surface area (Å²) >= 11 is 11.6. The number of rotatable bonds is 6. The minimum absolute atomic E-state index is 0.0923. The normalized spacial score (nSPS) is 15.4. The van der Waals surface area contributed by atoms with Gasteiger partial charge in [0.15, 0.2) is 8.32 Å². The maximum atomic E-state index is 6.03. The van der Waals surface area contributed by atoms with Crippen LogP contribution in [0.2, 0.25) is 18.1 Å². The SMILES string of the molecule is CC(C)(C)[Si](C)(C)OCCCC(Cl)CCl. The highest BCUT2D eigenvalue weighted by atomic mass is 35.5. The van der Waals surface area contributed by atoms with Gasteiger partial charge >= 0.3 is 0 Å². The molecule has 1 atom stereocenters. The summed E-state index contributed by atoms with van der Waals surface area (Å²) in [5, 5.41) is 0.384. The van der Waals surface area contributed by atoms with Gasteiger partial charge in [-0.15, -0.1) is 23.2 Å². The zero-order valence-electron chi connectivity index (χ0n) is 10.6. The summed E-state index contributed by atoms with van der Waals surface area (Å²) in [7, 11) is -1.56. The van der Waals surface area contributed by atoms with E-state index in [-0.39, 0.29) is 5.38 Å². The molecule has 15 heavy (non-hydrogen) atoms. The van der Waals surface area contributed by atoms with Gasteiger partial charge in [-0.25, -0.2) is 0 Å². The molecular weight excluding hydrogens is 247 g/mol. The third-order valence-corrected chi connectivity index (χ3v) is 8.54. The van der Waals surface area contributed by atoms with Crippen molar-refractivity contribution in [3.05, 3.63) is 0 Å². The van der Waals surface area contributed by atoms with Gasteiger partial charge in [0, 0.05) is 17.9 Å². The monoisotopic (exact) mass is 270 g/mol. The smallest absolute Gasteiger partial charge is 0.191 e. The average molecular weight is 271 g/mol. The molecule has 4 heteroatoms. The molecule has 0 radical (unpaired) electrons. The number of hydrogen-bond acceptors (Lipinski definition) is 1. The molecule has 0 aromatic rings. The molecule has 0 bridgehead atoms. The van der Waals surface area contributed by atoms with Gasteiger partial charge < -0.3 is 4.43 Å². The Morgan fingerprint density at radius 2 is 1.80 bits per heavy atom. The highest BCUT2D eigenvalue weighted by Gasteiger charge is 2.36. The van der Waals surface area contributed by atoms with Crippen LogP contribution in [0, 0.1) is 0 Å². The molecule has 0 heterocycles. The summed E-state index contributed by atoms with van der Waals surface area (Å²) in [6.45, 7) is 12.1. The van der Waals surface area contributed by atoms with Crippen LogP contribution < -0.4 is 0 Å². The molecule has 0 rings (SSSR count). The van der Waals surface area contributed by atoms with Crippen molar-refractivity contribution >= 4 is 31.5 Å². The minimum Gasteiger partial charge on any atom is -0.417 e. The van der Waals surface area contributed by atoms with Crippen molar-refractivity contribution in [1.82, 2.24) is 0 Å². The molecule has 92 valence electrons. The van der Waals surface area contributed by atoms with Gasteiger partial charge in [0.25, 0.3) is 0 Å². The molecule has 0 saturated heterocycles. The van der Waals surface area contributed by atoms with Gasteiger partial charge in [0.2, 0.25) is 0 Å². The molecule has 0 aliphatic carbocycles. The van der Waals surface area contributed by atoms with E-state index >= 15 is 0 Å². The van der Waals surface area contributed by atoms with Crippen molar-refractivity contribution in [1.29, 1.82) is 0 Å². The van der Waals surface area contributed by atoms with Crippen LogP contribution in [0.1, 0.15) is 33.6 Å². The Kier molecular flexibility index (Phi) is 6.81. The van der Waals surface area contributed by atoms with Crippen molar-refractivity contribution in [2.45, 2.75) is 57.1 Å². The molecule has 0 amide bonds. The predicted octanol–water partition coefficient (Wildman–Crippen LogP) is 4.63. The summed E-state index contributed by atoms with van der Waals surface area (Å²) in [4.78, 5) is 0. The third kappa shape index (κ3) is 6.15. The highest BCUT2D eigenvalue weighted by Crippen LogP contribution is 2.36. The van der Waals surface area contributed by atoms with Crippen LogP contribution in [-0.4, -0.2) is 26.2 Å². The lowest BCUT2D eigenvalue weighted by atomic mass is 10.2. The molecule has 0 aromatic carbocycles. The van der Waals surface area contributed by atoms with Crippen LogP contribution in [0.25, 0.3) is 0 Å². The Morgan fingerprint density at radius 1 is 1.27 bits per heavy atom. The Labute approximate surface area is 106 Å². The lowest BCUT2D eigenvalue weighted by Gasteiger charge is -2.36. The second kappa shape index (κ2) is 6.48. The quantitative estimate of drug-likeness (QED) is 0.388. The van der Waals surface area contributed by atoms with Crippen molar-refractivity contribution in [3.63, 3.8) is 0 Å². The summed E-state index contributed by atoms with van der Waals surface area (Å²) in [5.41, 5.74) is 0. The van der Waals surface area contributed by atoms with Crippen molar-refractivity contribution < 1.29 is 4.43 Å². The van der Waals surface area contributed by atoms with E-state index in [2.05, 4.69) is 33.9 Å². The van der Waals surface area contributed by atoms with Gasteiger partial charge in [-0.3, -0.25) is 0 Å². The van der Waals surface area contributed by atoms with Crippen LogP contribution in [0.15, 0.2) is 0 Å². The van der Waals surface area contributed by atoms with Crippen molar-refractivity contribution in [2.75, 3.05) is 12.5 Å². The molecule has 0 aromatic heterocycles. The number of alkyl halides is 2. The zero-order chi connectivity index (χ0) is 12.1. The fourth-order valence-electron chi connectivity index (χ4n) is 0.926. The van der Waals surface area contributed by atoms with E-state index in [1.807, 2.05) is 0 Å². The predicted molar refractivity (Wildman–Crippen MR) is 72.7 cm³/mol. The van der Waals surface area contributed by atoms with Gasteiger partial charge in [-0.2, -0.15) is 0 Å². The van der Waals surface area contributed by atoms with Crippen molar-refractivity contribution in [3.8, 4) is 0 Å². The lowest BCUT2D eigenvalue weighted by molar-refractivity contribution is 0.279. The maximum Gasteiger partial charge on any atom is 0.191 e. The summed E-state index contributed by atoms with van der Waals surface area (Å²) in [6.07, 6.45) is 1.95. The van der Waals surface area contributed by atoms with Crippen LogP contribution in [0.5, 0.6) is 0 Å². The third-order valence-electron chi connectivity index (χ3n) is 3.10. The first kappa shape index (κ1) is 15.8. The average Bonchev–Trinajstić information content (AvgIpc) is 2.10. The van der Waals surface area contributed by atoms with E-state index in [1.165, 1.54) is 0 Å². The van der Waals surface area contributed by atoms with Crippen LogP contribution in [0.3, 0.4) is 0 Å². The second-order valence-electron chi connectivity index (χ2n) is 5.50. The second-order valence-corrected chi connectivity index (χ2v) is 11.2. The first-order chi connectivity index (χ1) is 6.70. The highest BCUT2D eigenvalue weighted by molar-refractivity contribution is 6.74. The standard InChI is InChI=1S/C11H24Cl2OSi/c1-11(2,3)15(4,5)14-8-6-7-10(13)9-12/h10H,6-9H2,1-5H3. The van der Waals surface area contributed by atoms with Crippen LogP contribution >= 0.6 is 23.2 Å². The lowest BCUT2D eigenvalue weighted by Crippen LogP contribution is -2.41. The van der Waals surface area contributed by atoms with Gasteiger partial charge in [-0.05, 0) is 31.0 Å². The van der Waals surface area contributed by atoms with Crippen LogP contribution in [-0.2, 0) is 4.43 Å². The Bertz CT molecular complexity index is 178. The van der Waals surface area contributed by atoms with Crippen molar-refractivity contribution in [2.24, 2.45) is 0 Å². The molecule has 0 saturated carbocycles. The first-order valence-electron chi connectivity index (χ1n) is 5.54. The Hall–Kier alpha value is 0.757. The molecule has 1 nitrogen and oxygen atoms in total. The molecule has 0 aliphatic heterocycles. The maximum absolute atomic E-state index is 6.03. The summed E-state index contributed by atoms with van der Waals surface area (Å²) in [5.74, 6) is 0.529. The van der Waals surface area contributed by atoms with E-state index < -0.39 is 8.32 Å². The Balaban J connectivity index is 3.77. The summed E-state index contributed by atoms with van der Waals surface area (Å²) in [6, 6.07) is 0. The van der Waals surface area contributed by atoms with E-state index in [0.717, 1.165) is 19.4 Å². The fourth-order valence-corrected chi connectivity index (χ4v) is 2.32. The molecule has 0 N–H and O–H groups in total. The molecule has 0 aliphatic rings. The first-order valence-corrected chi connectivity index (χ1v) is 9.42. The van der Waals surface area contributed by atoms with E-state index in [0.29, 0.717) is 10.9 Å². The number of halogens is 2. The molecule has 1 unspecified atom stereocenters. The molecule has 0 fully saturated rings. The van der Waals surface area contributed by atoms with Crippen LogP contribution in [0.4, 0.5) is 0 Å². The summed E-state index contributed by atoms with van der Waals surface area (Å²) < 4.78 is 6.03. The largest absolute Gasteiger partial charge is 0.417 e. The zero-order valence-corrected chi connectivity index (χ0v) is 13.1. The van der Waals surface area contributed by atoms with E-state index in [9.17, 15) is 0 Å². The Morgan fingerprint density at radius 3 is 2.20 bits per heavy atom. The topological polar surface area (TPSA) is 9.23 Å².